The lowest BCUT2D eigenvalue weighted by Gasteiger charge is -2.11. The van der Waals surface area contributed by atoms with Crippen molar-refractivity contribution in [1.82, 2.24) is 0 Å². The van der Waals surface area contributed by atoms with Gasteiger partial charge in [-0.2, -0.15) is 0 Å². The predicted octanol–water partition coefficient (Wildman–Crippen LogP) is 7.42. The highest BCUT2D eigenvalue weighted by Crippen LogP contribution is 2.65. The Morgan fingerprint density at radius 3 is 2.14 bits per heavy atom. The van der Waals surface area contributed by atoms with Crippen molar-refractivity contribution in [1.29, 1.82) is 0 Å². The normalized spacial score (nSPS) is 18.0. The van der Waals surface area contributed by atoms with Gasteiger partial charge in [0.05, 0.1) is 32.2 Å². The molecule has 2 amide bonds. The molecule has 1 aliphatic rings. The maximum atomic E-state index is 14.2. The summed E-state index contributed by atoms with van der Waals surface area (Å²) in [4.78, 5) is 25.6. The zero-order valence-corrected chi connectivity index (χ0v) is 21.4. The number of hydrogen-bond acceptors (Lipinski definition) is 3. The first-order chi connectivity index (χ1) is 16.8. The molecule has 2 unspecified atom stereocenters. The minimum Gasteiger partial charge on any atom is -0.394 e. The number of hydrogen-bond donors (Lipinski definition) is 3. The molecule has 0 bridgehead atoms. The van der Waals surface area contributed by atoms with Gasteiger partial charge >= 0.3 is 0 Å². The number of halogens is 8. The van der Waals surface area contributed by atoms with Crippen LogP contribution >= 0.6 is 58.0 Å². The van der Waals surface area contributed by atoms with Crippen LogP contribution < -0.4 is 16.4 Å². The van der Waals surface area contributed by atoms with Crippen molar-refractivity contribution in [3.05, 3.63) is 86.1 Å². The Balaban J connectivity index is 1.53. The number of nitrogens with one attached hydrogen (secondary N) is 2. The van der Waals surface area contributed by atoms with Gasteiger partial charge in [0, 0.05) is 11.6 Å². The average molecular weight is 598 g/mol. The van der Waals surface area contributed by atoms with Crippen LogP contribution in [0.5, 0.6) is 0 Å². The van der Waals surface area contributed by atoms with Gasteiger partial charge in [-0.05, 0) is 48.0 Å². The summed E-state index contributed by atoms with van der Waals surface area (Å²) in [7, 11) is 0. The van der Waals surface area contributed by atoms with Gasteiger partial charge in [0.2, 0.25) is 5.91 Å². The van der Waals surface area contributed by atoms with Crippen LogP contribution in [0.4, 0.5) is 30.2 Å². The van der Waals surface area contributed by atoms with E-state index in [4.69, 9.17) is 63.7 Å². The quantitative estimate of drug-likeness (QED) is 0.163. The van der Waals surface area contributed by atoms with Crippen LogP contribution in [-0.4, -0.2) is 16.1 Å². The smallest absolute Gasteiger partial charge is 0.257 e. The molecule has 0 spiro atoms. The second-order valence-electron chi connectivity index (χ2n) is 7.89. The monoisotopic (exact) mass is 595 g/mol. The third-order valence-corrected chi connectivity index (χ3v) is 7.37. The molecule has 3 aromatic rings. The molecular formula is C23H13Cl5F3N3O2. The summed E-state index contributed by atoms with van der Waals surface area (Å²) in [6, 6.07) is 8.46. The molecule has 0 radical (unpaired) electrons. The second-order valence-corrected chi connectivity index (χ2v) is 10.6. The minimum absolute atomic E-state index is 0.00933. The van der Waals surface area contributed by atoms with Gasteiger partial charge in [0.15, 0.2) is 11.6 Å². The highest BCUT2D eigenvalue weighted by atomic mass is 35.5. The lowest BCUT2D eigenvalue weighted by atomic mass is 10.1. The number of carbonyl (C=O) groups is 2. The van der Waals surface area contributed by atoms with Gasteiger partial charge in [-0.3, -0.25) is 9.59 Å². The van der Waals surface area contributed by atoms with Crippen molar-refractivity contribution in [3.8, 4) is 0 Å². The third-order valence-electron chi connectivity index (χ3n) is 5.55. The number of anilines is 3. The van der Waals surface area contributed by atoms with E-state index >= 15 is 0 Å². The Bertz CT molecular complexity index is 1400. The number of nitrogens with two attached hydrogens (primary N) is 1. The molecule has 188 valence electrons. The van der Waals surface area contributed by atoms with E-state index in [1.165, 1.54) is 30.3 Å². The van der Waals surface area contributed by atoms with Crippen LogP contribution in [0.3, 0.4) is 0 Å². The molecule has 36 heavy (non-hydrogen) atoms. The lowest BCUT2D eigenvalue weighted by Crippen LogP contribution is -2.18. The fraction of sp³-hybridized carbons (Fsp3) is 0.130. The van der Waals surface area contributed by atoms with Crippen molar-refractivity contribution in [2.75, 3.05) is 16.4 Å². The highest BCUT2D eigenvalue weighted by molar-refractivity contribution is 6.53. The molecule has 5 nitrogen and oxygen atoms in total. The molecule has 4 rings (SSSR count). The third kappa shape index (κ3) is 4.93. The molecule has 0 aliphatic heterocycles. The number of nitrogen functional groups attached to an aromatic ring is 1. The van der Waals surface area contributed by atoms with E-state index in [0.717, 1.165) is 12.1 Å². The van der Waals surface area contributed by atoms with Crippen LogP contribution in [0.1, 0.15) is 21.8 Å². The molecule has 3 aromatic carbocycles. The molecule has 2 atom stereocenters. The maximum absolute atomic E-state index is 14.2. The number of benzene rings is 3. The molecule has 1 fully saturated rings. The Labute approximate surface area is 227 Å². The van der Waals surface area contributed by atoms with Gasteiger partial charge in [0.1, 0.15) is 15.8 Å². The Kier molecular flexibility index (Phi) is 7.29. The first-order valence-corrected chi connectivity index (χ1v) is 11.9. The minimum atomic E-state index is -1.53. The SMILES string of the molecule is Nc1c(F)ccc(NC(=O)c2cc(NC(=O)C3C(c4cc(Cl)c(F)c(Cl)c4)C3(Cl)Cl)ccc2Cl)c1F. The lowest BCUT2D eigenvalue weighted by molar-refractivity contribution is -0.117. The molecule has 13 heteroatoms. The summed E-state index contributed by atoms with van der Waals surface area (Å²) in [5, 5.41) is 4.33. The van der Waals surface area contributed by atoms with E-state index in [9.17, 15) is 22.8 Å². The van der Waals surface area contributed by atoms with E-state index in [-0.39, 0.29) is 32.0 Å². The fourth-order valence-corrected chi connectivity index (χ4v) is 5.21. The number of rotatable bonds is 5. The first kappa shape index (κ1) is 26.7. The summed E-state index contributed by atoms with van der Waals surface area (Å²) in [6.45, 7) is 0. The van der Waals surface area contributed by atoms with Crippen molar-refractivity contribution < 1.29 is 22.8 Å². The Hall–Kier alpha value is -2.36. The molecule has 4 N–H and O–H groups in total. The van der Waals surface area contributed by atoms with E-state index in [2.05, 4.69) is 10.6 Å². The number of carbonyl (C=O) groups excluding carboxylic acids is 2. The zero-order chi connectivity index (χ0) is 26.5. The van der Waals surface area contributed by atoms with Crippen LogP contribution in [0, 0.1) is 23.4 Å². The second kappa shape index (κ2) is 9.84. The standard InChI is InChI=1S/C23H13Cl5F3N3O2/c24-11-2-1-9(7-10(11)21(35)34-15-4-3-14(29)20(32)19(15)31)33-22(36)17-16(23(17,27)28)8-5-12(25)18(30)13(26)6-8/h1-7,16-17H,32H2,(H,33,36)(H,34,35). The van der Waals surface area contributed by atoms with Crippen LogP contribution in [0.15, 0.2) is 42.5 Å². The highest BCUT2D eigenvalue weighted by Gasteiger charge is 2.67. The van der Waals surface area contributed by atoms with Crippen LogP contribution in [0.2, 0.25) is 15.1 Å². The van der Waals surface area contributed by atoms with Gasteiger partial charge in [-0.1, -0.05) is 34.8 Å². The van der Waals surface area contributed by atoms with E-state index in [1.807, 2.05) is 0 Å². The van der Waals surface area contributed by atoms with E-state index in [0.29, 0.717) is 5.56 Å². The summed E-state index contributed by atoms with van der Waals surface area (Å²) in [5.41, 5.74) is 4.59. The van der Waals surface area contributed by atoms with Crippen molar-refractivity contribution in [2.24, 2.45) is 5.92 Å². The summed E-state index contributed by atoms with van der Waals surface area (Å²) in [5.74, 6) is -6.08. The van der Waals surface area contributed by atoms with Crippen LogP contribution in [-0.2, 0) is 4.79 Å². The molecule has 0 heterocycles. The number of amides is 2. The van der Waals surface area contributed by atoms with Crippen molar-refractivity contribution >= 4 is 86.9 Å². The van der Waals surface area contributed by atoms with Crippen molar-refractivity contribution in [2.45, 2.75) is 10.3 Å². The first-order valence-electron chi connectivity index (χ1n) is 10.0. The Morgan fingerprint density at radius 1 is 0.861 bits per heavy atom. The average Bonchev–Trinajstić information content (AvgIpc) is 3.40. The van der Waals surface area contributed by atoms with Gasteiger partial charge in [-0.15, -0.1) is 23.2 Å². The van der Waals surface area contributed by atoms with Gasteiger partial charge in [-0.25, -0.2) is 13.2 Å². The molecule has 0 saturated heterocycles. The summed E-state index contributed by atoms with van der Waals surface area (Å²) in [6.07, 6.45) is 0. The summed E-state index contributed by atoms with van der Waals surface area (Å²) < 4.78 is 39.8. The van der Waals surface area contributed by atoms with Gasteiger partial charge in [0.25, 0.3) is 5.91 Å². The molecule has 1 saturated carbocycles. The molecule has 0 aromatic heterocycles. The van der Waals surface area contributed by atoms with Crippen molar-refractivity contribution in [3.63, 3.8) is 0 Å². The molecular weight excluding hydrogens is 585 g/mol. The van der Waals surface area contributed by atoms with E-state index in [1.54, 1.807) is 0 Å². The zero-order valence-electron chi connectivity index (χ0n) is 17.6. The largest absolute Gasteiger partial charge is 0.394 e. The fourth-order valence-electron chi connectivity index (χ4n) is 3.67. The summed E-state index contributed by atoms with van der Waals surface area (Å²) >= 11 is 30.4. The predicted molar refractivity (Wildman–Crippen MR) is 136 cm³/mol. The number of alkyl halides is 2. The van der Waals surface area contributed by atoms with Gasteiger partial charge < -0.3 is 16.4 Å². The van der Waals surface area contributed by atoms with Crippen LogP contribution in [0.25, 0.3) is 0 Å². The topological polar surface area (TPSA) is 84.2 Å². The maximum Gasteiger partial charge on any atom is 0.257 e. The Morgan fingerprint density at radius 2 is 1.50 bits per heavy atom. The molecule has 1 aliphatic carbocycles. The van der Waals surface area contributed by atoms with E-state index < -0.39 is 51.1 Å².